The second-order valence-electron chi connectivity index (χ2n) is 3.86. The summed E-state index contributed by atoms with van der Waals surface area (Å²) in [7, 11) is 0. The average molecular weight is 170 g/mol. The number of hydrogen-bond donors (Lipinski definition) is 2. The van der Waals surface area contributed by atoms with Gasteiger partial charge in [0.1, 0.15) is 0 Å². The number of carbonyl (C=O) groups is 1. The SMILES string of the molecule is N[C@H]1[C@@H]2CC[C@H]1CN(C(=O)O)C2. The van der Waals surface area contributed by atoms with Crippen LogP contribution in [0.4, 0.5) is 4.79 Å². The second-order valence-corrected chi connectivity index (χ2v) is 3.86. The number of carboxylic acid groups (broad SMARTS) is 1. The summed E-state index contributed by atoms with van der Waals surface area (Å²) >= 11 is 0. The van der Waals surface area contributed by atoms with E-state index in [2.05, 4.69) is 0 Å². The summed E-state index contributed by atoms with van der Waals surface area (Å²) in [6.45, 7) is 1.29. The fourth-order valence-electron chi connectivity index (χ4n) is 2.42. The Kier molecular flexibility index (Phi) is 1.72. The minimum atomic E-state index is -0.793. The van der Waals surface area contributed by atoms with E-state index in [4.69, 9.17) is 10.8 Å². The number of nitrogens with two attached hydrogens (primary N) is 1. The molecule has 0 spiro atoms. The number of piperidine rings is 1. The number of fused-ring (bicyclic) bond motifs is 2. The molecule has 2 fully saturated rings. The van der Waals surface area contributed by atoms with Crippen LogP contribution in [0.25, 0.3) is 0 Å². The van der Waals surface area contributed by atoms with E-state index in [0.717, 1.165) is 12.8 Å². The van der Waals surface area contributed by atoms with Gasteiger partial charge >= 0.3 is 6.09 Å². The smallest absolute Gasteiger partial charge is 0.407 e. The number of amides is 1. The summed E-state index contributed by atoms with van der Waals surface area (Å²) in [6.07, 6.45) is 1.42. The molecule has 0 aromatic rings. The van der Waals surface area contributed by atoms with E-state index in [1.165, 1.54) is 4.90 Å². The minimum Gasteiger partial charge on any atom is -0.465 e. The van der Waals surface area contributed by atoms with Crippen LogP contribution in [0.5, 0.6) is 0 Å². The minimum absolute atomic E-state index is 0.251. The van der Waals surface area contributed by atoms with E-state index < -0.39 is 6.09 Å². The van der Waals surface area contributed by atoms with Gasteiger partial charge in [0.25, 0.3) is 0 Å². The summed E-state index contributed by atoms with van der Waals surface area (Å²) in [4.78, 5) is 12.2. The Labute approximate surface area is 71.3 Å². The monoisotopic (exact) mass is 170 g/mol. The molecule has 3 atom stereocenters. The third-order valence-electron chi connectivity index (χ3n) is 3.18. The molecular formula is C8H14N2O2. The first-order chi connectivity index (χ1) is 5.68. The first-order valence-electron chi connectivity index (χ1n) is 4.42. The normalized spacial score (nSPS) is 40.1. The fourth-order valence-corrected chi connectivity index (χ4v) is 2.42. The third kappa shape index (κ3) is 1.06. The largest absolute Gasteiger partial charge is 0.465 e. The summed E-state index contributed by atoms with van der Waals surface area (Å²) in [5.74, 6) is 0.833. The Hall–Kier alpha value is -0.770. The molecule has 0 radical (unpaired) electrons. The number of nitrogens with zero attached hydrogens (tertiary/aromatic N) is 1. The maximum atomic E-state index is 10.7. The Morgan fingerprint density at radius 3 is 2.25 bits per heavy atom. The Morgan fingerprint density at radius 1 is 1.33 bits per heavy atom. The first kappa shape index (κ1) is 7.86. The molecule has 1 aliphatic heterocycles. The summed E-state index contributed by atoms with van der Waals surface area (Å²) in [6, 6.07) is 0.251. The van der Waals surface area contributed by atoms with Gasteiger partial charge in [-0.25, -0.2) is 4.79 Å². The van der Waals surface area contributed by atoms with Crippen molar-refractivity contribution >= 4 is 6.09 Å². The van der Waals surface area contributed by atoms with Crippen molar-refractivity contribution in [3.63, 3.8) is 0 Å². The van der Waals surface area contributed by atoms with Gasteiger partial charge in [0.15, 0.2) is 0 Å². The molecule has 1 saturated carbocycles. The van der Waals surface area contributed by atoms with Crippen molar-refractivity contribution < 1.29 is 9.90 Å². The van der Waals surface area contributed by atoms with E-state index in [0.29, 0.717) is 24.9 Å². The van der Waals surface area contributed by atoms with E-state index in [9.17, 15) is 4.79 Å². The lowest BCUT2D eigenvalue weighted by molar-refractivity contribution is 0.109. The molecule has 1 aliphatic carbocycles. The van der Waals surface area contributed by atoms with Gasteiger partial charge in [-0.05, 0) is 24.7 Å². The van der Waals surface area contributed by atoms with Crippen LogP contribution in [0, 0.1) is 11.8 Å². The van der Waals surface area contributed by atoms with Crippen LogP contribution >= 0.6 is 0 Å². The highest BCUT2D eigenvalue weighted by Crippen LogP contribution is 2.35. The predicted octanol–water partition coefficient (Wildman–Crippen LogP) is 0.334. The van der Waals surface area contributed by atoms with Crippen LogP contribution in [0.15, 0.2) is 0 Å². The van der Waals surface area contributed by atoms with Gasteiger partial charge in [0, 0.05) is 19.1 Å². The van der Waals surface area contributed by atoms with Gasteiger partial charge in [0.05, 0.1) is 0 Å². The third-order valence-corrected chi connectivity index (χ3v) is 3.18. The van der Waals surface area contributed by atoms with Gasteiger partial charge < -0.3 is 15.7 Å². The molecule has 1 saturated heterocycles. The van der Waals surface area contributed by atoms with Crippen molar-refractivity contribution in [2.24, 2.45) is 17.6 Å². The van der Waals surface area contributed by atoms with Crippen molar-refractivity contribution in [2.45, 2.75) is 18.9 Å². The van der Waals surface area contributed by atoms with Crippen LogP contribution < -0.4 is 5.73 Å². The van der Waals surface area contributed by atoms with Gasteiger partial charge in [-0.3, -0.25) is 0 Å². The molecule has 3 N–H and O–H groups in total. The molecule has 4 nitrogen and oxygen atoms in total. The quantitative estimate of drug-likeness (QED) is 0.550. The van der Waals surface area contributed by atoms with Gasteiger partial charge in [0.2, 0.25) is 0 Å². The van der Waals surface area contributed by atoms with Crippen molar-refractivity contribution in [3.8, 4) is 0 Å². The van der Waals surface area contributed by atoms with Gasteiger partial charge in [-0.1, -0.05) is 0 Å². The summed E-state index contributed by atoms with van der Waals surface area (Å²) in [5.41, 5.74) is 5.93. The van der Waals surface area contributed by atoms with E-state index in [-0.39, 0.29) is 6.04 Å². The fraction of sp³-hybridized carbons (Fsp3) is 0.875. The molecule has 1 heterocycles. The maximum Gasteiger partial charge on any atom is 0.407 e. The zero-order valence-corrected chi connectivity index (χ0v) is 6.94. The molecule has 0 aromatic carbocycles. The standard InChI is InChI=1S/C8H14N2O2/c9-7-5-1-2-6(7)4-10(3-5)8(11)12/h5-7H,1-4,9H2,(H,11,12)/t5-,6+,7+. The lowest BCUT2D eigenvalue weighted by Crippen LogP contribution is -2.50. The molecule has 0 unspecified atom stereocenters. The molecule has 0 aromatic heterocycles. The van der Waals surface area contributed by atoms with Gasteiger partial charge in [-0.2, -0.15) is 0 Å². The van der Waals surface area contributed by atoms with E-state index in [1.54, 1.807) is 0 Å². The zero-order chi connectivity index (χ0) is 8.72. The van der Waals surface area contributed by atoms with Crippen molar-refractivity contribution in [1.82, 2.24) is 4.90 Å². The maximum absolute atomic E-state index is 10.7. The predicted molar refractivity (Wildman–Crippen MR) is 43.8 cm³/mol. The second kappa shape index (κ2) is 2.62. The average Bonchev–Trinajstić information content (AvgIpc) is 2.30. The zero-order valence-electron chi connectivity index (χ0n) is 6.94. The van der Waals surface area contributed by atoms with Crippen molar-refractivity contribution in [3.05, 3.63) is 0 Å². The number of hydrogen-bond acceptors (Lipinski definition) is 2. The van der Waals surface area contributed by atoms with Gasteiger partial charge in [-0.15, -0.1) is 0 Å². The first-order valence-corrected chi connectivity index (χ1v) is 4.42. The van der Waals surface area contributed by atoms with Crippen molar-refractivity contribution in [2.75, 3.05) is 13.1 Å². The molecule has 1 amide bonds. The molecule has 2 aliphatic rings. The van der Waals surface area contributed by atoms with E-state index >= 15 is 0 Å². The number of likely N-dealkylation sites (tertiary alicyclic amines) is 1. The lowest BCUT2D eigenvalue weighted by Gasteiger charge is -2.34. The lowest BCUT2D eigenvalue weighted by atomic mass is 9.93. The Morgan fingerprint density at radius 2 is 1.83 bits per heavy atom. The van der Waals surface area contributed by atoms with Crippen LogP contribution in [-0.2, 0) is 0 Å². The number of rotatable bonds is 0. The highest BCUT2D eigenvalue weighted by atomic mass is 16.4. The van der Waals surface area contributed by atoms with Crippen LogP contribution in [-0.4, -0.2) is 35.2 Å². The molecule has 68 valence electrons. The highest BCUT2D eigenvalue weighted by Gasteiger charge is 2.41. The molecular weight excluding hydrogens is 156 g/mol. The van der Waals surface area contributed by atoms with Crippen molar-refractivity contribution in [1.29, 1.82) is 0 Å². The molecule has 2 bridgehead atoms. The molecule has 4 heteroatoms. The summed E-state index contributed by atoms with van der Waals surface area (Å²) in [5, 5.41) is 8.77. The Balaban J connectivity index is 2.07. The summed E-state index contributed by atoms with van der Waals surface area (Å²) < 4.78 is 0. The Bertz CT molecular complexity index is 193. The van der Waals surface area contributed by atoms with Crippen LogP contribution in [0.3, 0.4) is 0 Å². The topological polar surface area (TPSA) is 66.6 Å². The molecule has 2 rings (SSSR count). The molecule has 12 heavy (non-hydrogen) atoms. The van der Waals surface area contributed by atoms with E-state index in [1.807, 2.05) is 0 Å². The van der Waals surface area contributed by atoms with Crippen LogP contribution in [0.2, 0.25) is 0 Å². The van der Waals surface area contributed by atoms with Crippen LogP contribution in [0.1, 0.15) is 12.8 Å². The highest BCUT2D eigenvalue weighted by molar-refractivity contribution is 5.65.